The fraction of sp³-hybridized carbons (Fsp3) is 0.667. The Hall–Kier alpha value is -0.890. The summed E-state index contributed by atoms with van der Waals surface area (Å²) in [5, 5.41) is 10.5. The second-order valence-electron chi connectivity index (χ2n) is 5.38. The Morgan fingerprint density at radius 3 is 3.00 bits per heavy atom. The van der Waals surface area contributed by atoms with Crippen LogP contribution in [0.15, 0.2) is 18.5 Å². The number of aliphatic hydroxyl groups excluding tert-OH is 1. The summed E-state index contributed by atoms with van der Waals surface area (Å²) in [5.74, 6) is 1.23. The molecule has 0 spiro atoms. The lowest BCUT2D eigenvalue weighted by atomic mass is 9.76. The van der Waals surface area contributed by atoms with Crippen LogP contribution in [0.5, 0.6) is 0 Å². The lowest BCUT2D eigenvalue weighted by Gasteiger charge is -2.32. The van der Waals surface area contributed by atoms with Crippen molar-refractivity contribution in [2.24, 2.45) is 11.8 Å². The summed E-state index contributed by atoms with van der Waals surface area (Å²) in [7, 11) is 0. The van der Waals surface area contributed by atoms with Gasteiger partial charge in [0.05, 0.1) is 6.10 Å². The highest BCUT2D eigenvalue weighted by atomic mass is 16.3. The minimum absolute atomic E-state index is 0.321. The molecule has 3 unspecified atom stereocenters. The molecule has 0 amide bonds. The zero-order valence-corrected chi connectivity index (χ0v) is 10.9. The van der Waals surface area contributed by atoms with Crippen molar-refractivity contribution in [3.05, 3.63) is 29.6 Å². The summed E-state index contributed by atoms with van der Waals surface area (Å²) in [4.78, 5) is 4.14. The Bertz CT molecular complexity index is 364. The first-order valence-corrected chi connectivity index (χ1v) is 6.81. The molecule has 1 aromatic rings. The van der Waals surface area contributed by atoms with Crippen molar-refractivity contribution in [3.63, 3.8) is 0 Å². The molecule has 2 nitrogen and oxygen atoms in total. The van der Waals surface area contributed by atoms with Crippen molar-refractivity contribution >= 4 is 0 Å². The maximum Gasteiger partial charge on any atom is 0.0835 e. The third-order valence-corrected chi connectivity index (χ3v) is 4.25. The molecule has 2 rings (SSSR count). The van der Waals surface area contributed by atoms with Crippen molar-refractivity contribution < 1.29 is 5.11 Å². The number of nitrogens with zero attached hydrogens (tertiary/aromatic N) is 1. The molecule has 94 valence electrons. The second kappa shape index (κ2) is 5.63. The van der Waals surface area contributed by atoms with Crippen molar-refractivity contribution in [2.45, 2.75) is 52.1 Å². The summed E-state index contributed by atoms with van der Waals surface area (Å²) in [5.41, 5.74) is 2.18. The quantitative estimate of drug-likeness (QED) is 0.864. The van der Waals surface area contributed by atoms with Gasteiger partial charge in [-0.3, -0.25) is 4.98 Å². The molecule has 1 saturated carbocycles. The van der Waals surface area contributed by atoms with Gasteiger partial charge in [0.2, 0.25) is 0 Å². The predicted octanol–water partition coefficient (Wildman–Crippen LogP) is 3.64. The summed E-state index contributed by atoms with van der Waals surface area (Å²) in [6.07, 6.45) is 9.48. The van der Waals surface area contributed by atoms with Crippen LogP contribution in [0.1, 0.15) is 56.3 Å². The predicted molar refractivity (Wildman–Crippen MR) is 69.7 cm³/mol. The van der Waals surface area contributed by atoms with E-state index in [1.807, 2.05) is 12.3 Å². The molecule has 2 heteroatoms. The molecule has 1 N–H and O–H groups in total. The molecule has 0 aromatic carbocycles. The highest BCUT2D eigenvalue weighted by Gasteiger charge is 2.28. The minimum atomic E-state index is -0.321. The number of rotatable bonds is 3. The largest absolute Gasteiger partial charge is 0.388 e. The highest BCUT2D eigenvalue weighted by Crippen LogP contribution is 2.38. The lowest BCUT2D eigenvalue weighted by Crippen LogP contribution is -2.21. The summed E-state index contributed by atoms with van der Waals surface area (Å²) >= 11 is 0. The Morgan fingerprint density at radius 2 is 2.29 bits per heavy atom. The smallest absolute Gasteiger partial charge is 0.0835 e. The van der Waals surface area contributed by atoms with E-state index < -0.39 is 0 Å². The van der Waals surface area contributed by atoms with Crippen LogP contribution in [0.3, 0.4) is 0 Å². The number of aliphatic hydroxyl groups is 1. The van der Waals surface area contributed by atoms with Gasteiger partial charge in [-0.1, -0.05) is 26.2 Å². The van der Waals surface area contributed by atoms with E-state index in [4.69, 9.17) is 0 Å². The monoisotopic (exact) mass is 233 g/mol. The summed E-state index contributed by atoms with van der Waals surface area (Å²) < 4.78 is 0. The maximum atomic E-state index is 10.5. The average molecular weight is 233 g/mol. The minimum Gasteiger partial charge on any atom is -0.388 e. The number of aromatic nitrogens is 1. The van der Waals surface area contributed by atoms with E-state index in [-0.39, 0.29) is 6.10 Å². The van der Waals surface area contributed by atoms with Gasteiger partial charge < -0.3 is 5.11 Å². The molecular formula is C15H23NO. The Balaban J connectivity index is 2.09. The molecule has 17 heavy (non-hydrogen) atoms. The molecule has 1 fully saturated rings. The van der Waals surface area contributed by atoms with Crippen molar-refractivity contribution in [1.29, 1.82) is 0 Å². The molecule has 1 aromatic heterocycles. The van der Waals surface area contributed by atoms with Crippen LogP contribution in [0.25, 0.3) is 0 Å². The van der Waals surface area contributed by atoms with Crippen LogP contribution >= 0.6 is 0 Å². The van der Waals surface area contributed by atoms with Gasteiger partial charge >= 0.3 is 0 Å². The van der Waals surface area contributed by atoms with E-state index >= 15 is 0 Å². The van der Waals surface area contributed by atoms with Crippen LogP contribution < -0.4 is 0 Å². The second-order valence-corrected chi connectivity index (χ2v) is 5.38. The lowest BCUT2D eigenvalue weighted by molar-refractivity contribution is 0.0671. The number of hydrogen-bond acceptors (Lipinski definition) is 2. The van der Waals surface area contributed by atoms with Crippen molar-refractivity contribution in [1.82, 2.24) is 4.98 Å². The van der Waals surface area contributed by atoms with Gasteiger partial charge in [-0.25, -0.2) is 0 Å². The topological polar surface area (TPSA) is 33.1 Å². The molecule has 1 aliphatic carbocycles. The number of hydrogen-bond donors (Lipinski definition) is 1. The van der Waals surface area contributed by atoms with Gasteiger partial charge in [0, 0.05) is 18.0 Å². The zero-order valence-electron chi connectivity index (χ0n) is 10.9. The van der Waals surface area contributed by atoms with E-state index in [9.17, 15) is 5.11 Å². The maximum absolute atomic E-state index is 10.5. The normalized spacial score (nSPS) is 26.8. The van der Waals surface area contributed by atoms with Gasteiger partial charge in [0.15, 0.2) is 0 Å². The summed E-state index contributed by atoms with van der Waals surface area (Å²) in [6.45, 7) is 4.31. The first kappa shape index (κ1) is 12.6. The number of aryl methyl sites for hydroxylation is 1. The van der Waals surface area contributed by atoms with E-state index in [1.165, 1.54) is 25.7 Å². The van der Waals surface area contributed by atoms with E-state index in [0.717, 1.165) is 23.5 Å². The first-order chi connectivity index (χ1) is 8.22. The molecule has 1 heterocycles. The Morgan fingerprint density at radius 1 is 1.47 bits per heavy atom. The van der Waals surface area contributed by atoms with Crippen molar-refractivity contribution in [3.8, 4) is 0 Å². The Kier molecular flexibility index (Phi) is 4.16. The fourth-order valence-electron chi connectivity index (χ4n) is 3.03. The van der Waals surface area contributed by atoms with Crippen LogP contribution in [0.4, 0.5) is 0 Å². The van der Waals surface area contributed by atoms with Crippen LogP contribution in [-0.4, -0.2) is 10.1 Å². The molecular weight excluding hydrogens is 210 g/mol. The highest BCUT2D eigenvalue weighted by molar-refractivity contribution is 5.24. The summed E-state index contributed by atoms with van der Waals surface area (Å²) in [6, 6.07) is 1.98. The van der Waals surface area contributed by atoms with E-state index in [0.29, 0.717) is 5.92 Å². The first-order valence-electron chi connectivity index (χ1n) is 6.81. The molecule has 3 atom stereocenters. The van der Waals surface area contributed by atoms with Gasteiger partial charge in [-0.15, -0.1) is 0 Å². The van der Waals surface area contributed by atoms with Crippen LogP contribution in [-0.2, 0) is 0 Å². The van der Waals surface area contributed by atoms with Gasteiger partial charge in [0.25, 0.3) is 0 Å². The average Bonchev–Trinajstić information content (AvgIpc) is 2.38. The number of pyridine rings is 1. The molecule has 0 saturated heterocycles. The molecule has 0 aliphatic heterocycles. The fourth-order valence-corrected chi connectivity index (χ4v) is 3.03. The third-order valence-electron chi connectivity index (χ3n) is 4.25. The Labute approximate surface area is 104 Å². The van der Waals surface area contributed by atoms with Crippen LogP contribution in [0, 0.1) is 18.8 Å². The molecule has 0 radical (unpaired) electrons. The zero-order chi connectivity index (χ0) is 12.3. The van der Waals surface area contributed by atoms with Gasteiger partial charge in [-0.05, 0) is 43.2 Å². The van der Waals surface area contributed by atoms with Crippen LogP contribution in [0.2, 0.25) is 0 Å². The van der Waals surface area contributed by atoms with Gasteiger partial charge in [0.1, 0.15) is 0 Å². The third kappa shape index (κ3) is 2.86. The van der Waals surface area contributed by atoms with E-state index in [1.54, 1.807) is 6.20 Å². The molecule has 0 bridgehead atoms. The standard InChI is InChI=1S/C15H23NO/c1-3-12-5-4-6-13(9-12)15(17)14-10-16-8-7-11(14)2/h7-8,10,12-13,15,17H,3-6,9H2,1-2H3. The van der Waals surface area contributed by atoms with E-state index in [2.05, 4.69) is 18.8 Å². The van der Waals surface area contributed by atoms with Crippen molar-refractivity contribution in [2.75, 3.05) is 0 Å². The SMILES string of the molecule is CCC1CCCC(C(O)c2cnccc2C)C1. The van der Waals surface area contributed by atoms with Gasteiger partial charge in [-0.2, -0.15) is 0 Å². The molecule has 1 aliphatic rings.